The Morgan fingerprint density at radius 2 is 1.42 bits per heavy atom. The van der Waals surface area contributed by atoms with Gasteiger partial charge < -0.3 is 35.8 Å². The van der Waals surface area contributed by atoms with Crippen molar-refractivity contribution in [2.24, 2.45) is 0 Å². The van der Waals surface area contributed by atoms with Gasteiger partial charge in [0.15, 0.2) is 0 Å². The van der Waals surface area contributed by atoms with Crippen molar-refractivity contribution in [1.29, 1.82) is 0 Å². The van der Waals surface area contributed by atoms with Crippen molar-refractivity contribution >= 4 is 11.8 Å². The van der Waals surface area contributed by atoms with Gasteiger partial charge in [-0.05, 0) is 47.4 Å². The molecule has 0 unspecified atom stereocenters. The lowest BCUT2D eigenvalue weighted by Gasteiger charge is -2.40. The SMILES string of the molecule is CNC(=O)c1cc(C(=O)NC)cc(-c2ccc(C[C@H]3O[C@H](CO)[C@@H](O)[C@H](O)[C@@H]3O)c(C)c2)c1. The summed E-state index contributed by atoms with van der Waals surface area (Å²) in [5.74, 6) is -0.615. The van der Waals surface area contributed by atoms with E-state index in [0.717, 1.165) is 16.7 Å². The van der Waals surface area contributed by atoms with E-state index in [1.54, 1.807) is 12.1 Å². The maximum Gasteiger partial charge on any atom is 0.251 e. The second-order valence-corrected chi connectivity index (χ2v) is 8.17. The largest absolute Gasteiger partial charge is 0.394 e. The van der Waals surface area contributed by atoms with Crippen molar-refractivity contribution in [3.63, 3.8) is 0 Å². The molecule has 1 aliphatic heterocycles. The average Bonchev–Trinajstić information content (AvgIpc) is 2.83. The van der Waals surface area contributed by atoms with Gasteiger partial charge in [-0.3, -0.25) is 9.59 Å². The van der Waals surface area contributed by atoms with Crippen LogP contribution in [0.1, 0.15) is 31.8 Å². The number of rotatable bonds is 6. The standard InChI is InChI=1S/C24H30N2O7/c1-12-6-14(15-7-16(23(31)25-2)9-17(8-15)24(32)26-3)5-4-13(12)10-18-20(28)22(30)21(29)19(11-27)33-18/h4-9,18-22,27-30H,10-11H2,1-3H3,(H,25,31)(H,26,32)/t18-,19-,20-,21-,22-/m1/s1. The first-order valence-corrected chi connectivity index (χ1v) is 10.7. The van der Waals surface area contributed by atoms with Crippen LogP contribution < -0.4 is 10.6 Å². The highest BCUT2D eigenvalue weighted by Crippen LogP contribution is 2.28. The summed E-state index contributed by atoms with van der Waals surface area (Å²) in [5.41, 5.74) is 3.92. The molecule has 33 heavy (non-hydrogen) atoms. The third-order valence-corrected chi connectivity index (χ3v) is 6.00. The smallest absolute Gasteiger partial charge is 0.251 e. The van der Waals surface area contributed by atoms with E-state index in [1.165, 1.54) is 20.2 Å². The molecule has 3 rings (SSSR count). The Morgan fingerprint density at radius 3 is 1.94 bits per heavy atom. The zero-order valence-corrected chi connectivity index (χ0v) is 18.8. The fourth-order valence-corrected chi connectivity index (χ4v) is 4.01. The van der Waals surface area contributed by atoms with Gasteiger partial charge in [0.1, 0.15) is 24.4 Å². The van der Waals surface area contributed by atoms with Crippen molar-refractivity contribution in [2.75, 3.05) is 20.7 Å². The number of aliphatic hydroxyl groups is 4. The lowest BCUT2D eigenvalue weighted by molar-refractivity contribution is -0.228. The van der Waals surface area contributed by atoms with Crippen LogP contribution in [0.3, 0.4) is 0 Å². The van der Waals surface area contributed by atoms with E-state index < -0.39 is 37.1 Å². The molecule has 0 aromatic heterocycles. The van der Waals surface area contributed by atoms with E-state index in [0.29, 0.717) is 16.7 Å². The summed E-state index contributed by atoms with van der Waals surface area (Å²) in [6.45, 7) is 1.40. The van der Waals surface area contributed by atoms with E-state index >= 15 is 0 Å². The zero-order chi connectivity index (χ0) is 24.3. The molecule has 1 aliphatic rings. The highest BCUT2D eigenvalue weighted by atomic mass is 16.5. The molecule has 5 atom stereocenters. The van der Waals surface area contributed by atoms with Gasteiger partial charge >= 0.3 is 0 Å². The summed E-state index contributed by atoms with van der Waals surface area (Å²) in [6.07, 6.45) is -5.62. The number of carbonyl (C=O) groups excluding carboxylic acids is 2. The van der Waals surface area contributed by atoms with Crippen molar-refractivity contribution < 1.29 is 34.8 Å². The summed E-state index contributed by atoms with van der Waals surface area (Å²) in [7, 11) is 3.04. The molecular formula is C24H30N2O7. The van der Waals surface area contributed by atoms with Gasteiger partial charge in [-0.2, -0.15) is 0 Å². The van der Waals surface area contributed by atoms with E-state index in [2.05, 4.69) is 10.6 Å². The lowest BCUT2D eigenvalue weighted by Crippen LogP contribution is -2.59. The molecule has 1 heterocycles. The first-order chi connectivity index (χ1) is 15.7. The van der Waals surface area contributed by atoms with Gasteiger partial charge in [0.25, 0.3) is 11.8 Å². The summed E-state index contributed by atoms with van der Waals surface area (Å²) in [4.78, 5) is 24.4. The van der Waals surface area contributed by atoms with Crippen LogP contribution in [0, 0.1) is 6.92 Å². The third kappa shape index (κ3) is 5.23. The molecule has 6 N–H and O–H groups in total. The van der Waals surface area contributed by atoms with Gasteiger partial charge in [-0.1, -0.05) is 18.2 Å². The molecule has 0 saturated carbocycles. The molecule has 0 radical (unpaired) electrons. The number of carbonyl (C=O) groups is 2. The Balaban J connectivity index is 1.90. The van der Waals surface area contributed by atoms with Crippen LogP contribution >= 0.6 is 0 Å². The quantitative estimate of drug-likeness (QED) is 0.350. The van der Waals surface area contributed by atoms with Crippen molar-refractivity contribution in [1.82, 2.24) is 10.6 Å². The third-order valence-electron chi connectivity index (χ3n) is 6.00. The number of nitrogens with one attached hydrogen (secondary N) is 2. The Labute approximate surface area is 192 Å². The Hall–Kier alpha value is -2.82. The fourth-order valence-electron chi connectivity index (χ4n) is 4.01. The fraction of sp³-hybridized carbons (Fsp3) is 0.417. The normalized spacial score (nSPS) is 24.9. The molecule has 1 fully saturated rings. The summed E-state index contributed by atoms with van der Waals surface area (Å²) < 4.78 is 5.61. The van der Waals surface area contributed by atoms with Crippen molar-refractivity contribution in [2.45, 2.75) is 43.9 Å². The predicted molar refractivity (Wildman–Crippen MR) is 121 cm³/mol. The number of benzene rings is 2. The first-order valence-electron chi connectivity index (χ1n) is 10.7. The van der Waals surface area contributed by atoms with Crippen LogP contribution in [0.15, 0.2) is 36.4 Å². The van der Waals surface area contributed by atoms with E-state index in [9.17, 15) is 30.0 Å². The Morgan fingerprint density at radius 1 is 0.848 bits per heavy atom. The maximum atomic E-state index is 12.2. The van der Waals surface area contributed by atoms with Gasteiger partial charge in [0.2, 0.25) is 0 Å². The van der Waals surface area contributed by atoms with Gasteiger partial charge in [-0.25, -0.2) is 0 Å². The second-order valence-electron chi connectivity index (χ2n) is 8.17. The van der Waals surface area contributed by atoms with E-state index in [4.69, 9.17) is 4.74 Å². The number of aryl methyl sites for hydroxylation is 1. The van der Waals surface area contributed by atoms with E-state index in [1.807, 2.05) is 25.1 Å². The molecular weight excluding hydrogens is 428 g/mol. The van der Waals surface area contributed by atoms with Crippen LogP contribution in [-0.2, 0) is 11.2 Å². The number of amides is 2. The minimum atomic E-state index is -1.42. The molecule has 2 amide bonds. The Bertz CT molecular complexity index is 990. The maximum absolute atomic E-state index is 12.2. The summed E-state index contributed by atoms with van der Waals surface area (Å²) in [6, 6.07) is 10.5. The predicted octanol–water partition coefficient (Wildman–Crippen LogP) is -0.234. The monoisotopic (exact) mass is 458 g/mol. The number of hydrogen-bond acceptors (Lipinski definition) is 7. The molecule has 178 valence electrons. The number of aliphatic hydroxyl groups excluding tert-OH is 4. The topological polar surface area (TPSA) is 148 Å². The number of ether oxygens (including phenoxy) is 1. The summed E-state index contributed by atoms with van der Waals surface area (Å²) >= 11 is 0. The van der Waals surface area contributed by atoms with Crippen molar-refractivity contribution in [3.05, 3.63) is 58.7 Å². The molecule has 9 heteroatoms. The minimum absolute atomic E-state index is 0.259. The van der Waals surface area contributed by atoms with Gasteiger partial charge in [0.05, 0.1) is 12.7 Å². The van der Waals surface area contributed by atoms with Gasteiger partial charge in [0, 0.05) is 31.6 Å². The minimum Gasteiger partial charge on any atom is -0.394 e. The molecule has 9 nitrogen and oxygen atoms in total. The van der Waals surface area contributed by atoms with E-state index in [-0.39, 0.29) is 18.2 Å². The molecule has 2 aromatic rings. The van der Waals surface area contributed by atoms with Crippen LogP contribution in [0.4, 0.5) is 0 Å². The van der Waals surface area contributed by atoms with Crippen LogP contribution in [-0.4, -0.2) is 83.5 Å². The molecule has 2 aromatic carbocycles. The highest BCUT2D eigenvalue weighted by Gasteiger charge is 2.43. The number of hydrogen-bond donors (Lipinski definition) is 6. The molecule has 1 saturated heterocycles. The van der Waals surface area contributed by atoms with Gasteiger partial charge in [-0.15, -0.1) is 0 Å². The first kappa shape index (κ1) is 24.8. The van der Waals surface area contributed by atoms with Crippen LogP contribution in [0.5, 0.6) is 0 Å². The van der Waals surface area contributed by atoms with Crippen LogP contribution in [0.25, 0.3) is 11.1 Å². The lowest BCUT2D eigenvalue weighted by atomic mass is 9.89. The molecule has 0 aliphatic carbocycles. The second kappa shape index (κ2) is 10.4. The molecule has 0 spiro atoms. The van der Waals surface area contributed by atoms with Crippen molar-refractivity contribution in [3.8, 4) is 11.1 Å². The highest BCUT2D eigenvalue weighted by molar-refractivity contribution is 6.01. The average molecular weight is 459 g/mol. The summed E-state index contributed by atoms with van der Waals surface area (Å²) in [5, 5.41) is 44.8. The zero-order valence-electron chi connectivity index (χ0n) is 18.8. The Kier molecular flexibility index (Phi) is 7.83. The molecule has 0 bridgehead atoms. The van der Waals surface area contributed by atoms with Crippen LogP contribution in [0.2, 0.25) is 0 Å².